The highest BCUT2D eigenvalue weighted by atomic mass is 32.2. The summed E-state index contributed by atoms with van der Waals surface area (Å²) in [4.78, 5) is 31.0. The lowest BCUT2D eigenvalue weighted by molar-refractivity contribution is -0.119. The summed E-state index contributed by atoms with van der Waals surface area (Å²) >= 11 is 0. The van der Waals surface area contributed by atoms with Gasteiger partial charge in [0.2, 0.25) is 10.0 Å². The number of primary sulfonamides is 1. The number of hydrogen-bond acceptors (Lipinski definition) is 6. The summed E-state index contributed by atoms with van der Waals surface area (Å²) in [6.07, 6.45) is 4.49. The molecule has 5 rings (SSSR count). The van der Waals surface area contributed by atoms with Gasteiger partial charge in [0, 0.05) is 11.1 Å². The zero-order valence-corrected chi connectivity index (χ0v) is 24.6. The Hall–Kier alpha value is -4.34. The Morgan fingerprint density at radius 2 is 1.67 bits per heavy atom. The SMILES string of the molecule is CC(C)(C)c1ccc(C=C2CCCc3c2nc2ccccc2c3C(=O)OCC(=O)Nc2ccc(S(N)(=O)=O)cc2)cc1. The van der Waals surface area contributed by atoms with Crippen molar-refractivity contribution in [3.8, 4) is 0 Å². The number of nitrogens with one attached hydrogen (secondary N) is 1. The van der Waals surface area contributed by atoms with E-state index in [1.54, 1.807) is 0 Å². The van der Waals surface area contributed by atoms with Crippen LogP contribution in [0.25, 0.3) is 22.6 Å². The van der Waals surface area contributed by atoms with Crippen LogP contribution in [0.4, 0.5) is 5.69 Å². The third-order valence-corrected chi connectivity index (χ3v) is 8.22. The van der Waals surface area contributed by atoms with Gasteiger partial charge in [-0.2, -0.15) is 0 Å². The van der Waals surface area contributed by atoms with Gasteiger partial charge in [-0.1, -0.05) is 63.2 Å². The van der Waals surface area contributed by atoms with Crippen molar-refractivity contribution in [2.75, 3.05) is 11.9 Å². The molecule has 3 aromatic carbocycles. The molecular weight excluding hydrogens is 550 g/mol. The second-order valence-corrected chi connectivity index (χ2v) is 13.0. The number of carbonyl (C=O) groups is 2. The molecule has 1 heterocycles. The fourth-order valence-electron chi connectivity index (χ4n) is 5.12. The van der Waals surface area contributed by atoms with Crippen LogP contribution in [-0.4, -0.2) is 31.9 Å². The summed E-state index contributed by atoms with van der Waals surface area (Å²) in [6.45, 7) is 6.05. The first-order valence-electron chi connectivity index (χ1n) is 13.7. The molecule has 9 heteroatoms. The summed E-state index contributed by atoms with van der Waals surface area (Å²) in [5.74, 6) is -1.15. The molecule has 1 aromatic heterocycles. The number of nitrogens with two attached hydrogens (primary N) is 1. The number of esters is 1. The van der Waals surface area contributed by atoms with Crippen molar-refractivity contribution in [1.82, 2.24) is 4.98 Å². The van der Waals surface area contributed by atoms with Crippen LogP contribution in [-0.2, 0) is 31.4 Å². The number of aromatic nitrogens is 1. The zero-order chi connectivity index (χ0) is 30.1. The van der Waals surface area contributed by atoms with Crippen LogP contribution < -0.4 is 10.5 Å². The average Bonchev–Trinajstić information content (AvgIpc) is 2.94. The van der Waals surface area contributed by atoms with E-state index in [0.29, 0.717) is 28.6 Å². The van der Waals surface area contributed by atoms with Gasteiger partial charge in [0.05, 0.1) is 21.7 Å². The molecule has 0 unspecified atom stereocenters. The summed E-state index contributed by atoms with van der Waals surface area (Å²) < 4.78 is 28.4. The molecule has 1 aliphatic carbocycles. The molecule has 8 nitrogen and oxygen atoms in total. The van der Waals surface area contributed by atoms with Crippen LogP contribution in [0.2, 0.25) is 0 Å². The van der Waals surface area contributed by atoms with E-state index in [2.05, 4.69) is 56.4 Å². The lowest BCUT2D eigenvalue weighted by atomic mass is 9.85. The Morgan fingerprint density at radius 1 is 0.976 bits per heavy atom. The van der Waals surface area contributed by atoms with Gasteiger partial charge in [0.1, 0.15) is 0 Å². The third kappa shape index (κ3) is 6.42. The largest absolute Gasteiger partial charge is 0.452 e. The van der Waals surface area contributed by atoms with Crippen LogP contribution in [0, 0.1) is 0 Å². The number of para-hydroxylation sites is 1. The highest BCUT2D eigenvalue weighted by molar-refractivity contribution is 7.89. The number of anilines is 1. The molecular formula is C33H33N3O5S. The summed E-state index contributed by atoms with van der Waals surface area (Å²) in [7, 11) is -3.85. The summed E-state index contributed by atoms with van der Waals surface area (Å²) in [5, 5.41) is 8.40. The number of amides is 1. The molecule has 216 valence electrons. The van der Waals surface area contributed by atoms with Crippen molar-refractivity contribution in [2.45, 2.75) is 50.3 Å². The van der Waals surface area contributed by atoms with Crippen molar-refractivity contribution < 1.29 is 22.7 Å². The molecule has 42 heavy (non-hydrogen) atoms. The molecule has 0 radical (unpaired) electrons. The number of rotatable bonds is 6. The lowest BCUT2D eigenvalue weighted by Gasteiger charge is -2.23. The minimum absolute atomic E-state index is 0.0635. The van der Waals surface area contributed by atoms with Crippen molar-refractivity contribution >= 4 is 50.1 Å². The first-order valence-corrected chi connectivity index (χ1v) is 15.3. The fraction of sp³-hybridized carbons (Fsp3) is 0.242. The minimum atomic E-state index is -3.85. The highest BCUT2D eigenvalue weighted by Gasteiger charge is 2.26. The lowest BCUT2D eigenvalue weighted by Crippen LogP contribution is -2.22. The van der Waals surface area contributed by atoms with E-state index >= 15 is 0 Å². The van der Waals surface area contributed by atoms with Crippen molar-refractivity contribution in [3.63, 3.8) is 0 Å². The Kier molecular flexibility index (Phi) is 7.99. The molecule has 3 N–H and O–H groups in total. The Bertz CT molecular complexity index is 1800. The number of pyridine rings is 1. The number of nitrogens with zero attached hydrogens (tertiary/aromatic N) is 1. The zero-order valence-electron chi connectivity index (χ0n) is 23.8. The van der Waals surface area contributed by atoms with Crippen molar-refractivity contribution in [2.24, 2.45) is 5.14 Å². The molecule has 1 amide bonds. The van der Waals surface area contributed by atoms with E-state index in [-0.39, 0.29) is 10.3 Å². The number of carbonyl (C=O) groups excluding carboxylic acids is 2. The van der Waals surface area contributed by atoms with E-state index in [9.17, 15) is 18.0 Å². The van der Waals surface area contributed by atoms with Gasteiger partial charge < -0.3 is 10.1 Å². The number of hydrogen-bond donors (Lipinski definition) is 2. The summed E-state index contributed by atoms with van der Waals surface area (Å²) in [6, 6.07) is 21.4. The molecule has 0 spiro atoms. The fourth-order valence-corrected chi connectivity index (χ4v) is 5.63. The van der Waals surface area contributed by atoms with Crippen molar-refractivity contribution in [1.29, 1.82) is 0 Å². The molecule has 0 bridgehead atoms. The first kappa shape index (κ1) is 29.2. The maximum absolute atomic E-state index is 13.5. The van der Waals surface area contributed by atoms with E-state index in [4.69, 9.17) is 14.9 Å². The highest BCUT2D eigenvalue weighted by Crippen LogP contribution is 2.36. The minimum Gasteiger partial charge on any atom is -0.452 e. The average molecular weight is 584 g/mol. The normalized spacial score (nSPS) is 14.4. The number of fused-ring (bicyclic) bond motifs is 2. The molecule has 0 saturated carbocycles. The number of benzene rings is 3. The van der Waals surface area contributed by atoms with E-state index in [1.807, 2.05) is 24.3 Å². The topological polar surface area (TPSA) is 128 Å². The van der Waals surface area contributed by atoms with E-state index < -0.39 is 28.5 Å². The summed E-state index contributed by atoms with van der Waals surface area (Å²) in [5.41, 5.74) is 6.50. The van der Waals surface area contributed by atoms with Gasteiger partial charge in [-0.25, -0.2) is 23.3 Å². The van der Waals surface area contributed by atoms with Crippen LogP contribution >= 0.6 is 0 Å². The molecule has 0 aliphatic heterocycles. The maximum atomic E-state index is 13.5. The Morgan fingerprint density at radius 3 is 2.33 bits per heavy atom. The second-order valence-electron chi connectivity index (χ2n) is 11.4. The smallest absolute Gasteiger partial charge is 0.339 e. The molecule has 1 aliphatic rings. The Labute approximate surface area is 245 Å². The predicted molar refractivity (Wildman–Crippen MR) is 164 cm³/mol. The van der Waals surface area contributed by atoms with E-state index in [0.717, 1.165) is 35.2 Å². The Balaban J connectivity index is 1.40. The van der Waals surface area contributed by atoms with Crippen molar-refractivity contribution in [3.05, 3.63) is 101 Å². The molecule has 4 aromatic rings. The molecule has 0 fully saturated rings. The van der Waals surface area contributed by atoms with Crippen LogP contribution in [0.15, 0.2) is 77.7 Å². The number of allylic oxidation sites excluding steroid dienone is 1. The second kappa shape index (κ2) is 11.5. The van der Waals surface area contributed by atoms with E-state index in [1.165, 1.54) is 29.8 Å². The van der Waals surface area contributed by atoms with Gasteiger partial charge in [-0.05, 0) is 83.3 Å². The molecule has 0 saturated heterocycles. The van der Waals surface area contributed by atoms with Crippen LogP contribution in [0.3, 0.4) is 0 Å². The van der Waals surface area contributed by atoms with Gasteiger partial charge in [0.25, 0.3) is 5.91 Å². The third-order valence-electron chi connectivity index (χ3n) is 7.29. The van der Waals surface area contributed by atoms with Gasteiger partial charge in [-0.3, -0.25) is 4.79 Å². The van der Waals surface area contributed by atoms with Gasteiger partial charge >= 0.3 is 5.97 Å². The number of sulfonamides is 1. The monoisotopic (exact) mass is 583 g/mol. The van der Waals surface area contributed by atoms with Crippen LogP contribution in [0.5, 0.6) is 0 Å². The molecule has 0 atom stereocenters. The predicted octanol–water partition coefficient (Wildman–Crippen LogP) is 5.85. The standard InChI is InChI=1S/C33H33N3O5S/c1-33(2,3)23-13-11-21(12-14-23)19-22-7-6-9-27-30(26-8-4-5-10-28(26)36-31(22)27)32(38)41-20-29(37)35-24-15-17-25(18-16-24)42(34,39)40/h4-5,8,10-19H,6-7,9,20H2,1-3H3,(H,35,37)(H2,34,39,40). The quantitative estimate of drug-likeness (QED) is 0.274. The maximum Gasteiger partial charge on any atom is 0.339 e. The van der Waals surface area contributed by atoms with Gasteiger partial charge in [-0.15, -0.1) is 0 Å². The first-order chi connectivity index (χ1) is 19.9. The number of ether oxygens (including phenoxy) is 1. The van der Waals surface area contributed by atoms with Gasteiger partial charge in [0.15, 0.2) is 6.61 Å². The van der Waals surface area contributed by atoms with Crippen LogP contribution in [0.1, 0.15) is 66.4 Å².